The first-order valence-corrected chi connectivity index (χ1v) is 7.93. The Balaban J connectivity index is 2.30. The fourth-order valence-electron chi connectivity index (χ4n) is 2.32. The van der Waals surface area contributed by atoms with Crippen LogP contribution in [0.25, 0.3) is 0 Å². The van der Waals surface area contributed by atoms with Gasteiger partial charge in [-0.2, -0.15) is 0 Å². The molecule has 0 fully saturated rings. The van der Waals surface area contributed by atoms with E-state index in [2.05, 4.69) is 0 Å². The second kappa shape index (κ2) is 7.71. The zero-order valence-corrected chi connectivity index (χ0v) is 15.1. The summed E-state index contributed by atoms with van der Waals surface area (Å²) in [5.41, 5.74) is 2.66. The molecule has 23 heavy (non-hydrogen) atoms. The van der Waals surface area contributed by atoms with Gasteiger partial charge in [0.2, 0.25) is 0 Å². The fraction of sp³-hybridized carbons (Fsp3) is 0.278. The van der Waals surface area contributed by atoms with Crippen molar-refractivity contribution in [2.75, 3.05) is 14.2 Å². The van der Waals surface area contributed by atoms with E-state index in [1.165, 1.54) is 0 Å². The molecule has 0 heterocycles. The second-order valence-corrected chi connectivity index (χ2v) is 5.94. The van der Waals surface area contributed by atoms with Gasteiger partial charge in [-0.25, -0.2) is 0 Å². The van der Waals surface area contributed by atoms with E-state index in [9.17, 15) is 0 Å². The fourth-order valence-corrected chi connectivity index (χ4v) is 2.96. The van der Waals surface area contributed by atoms with Gasteiger partial charge in [0.25, 0.3) is 0 Å². The van der Waals surface area contributed by atoms with Gasteiger partial charge in [0.15, 0.2) is 0 Å². The minimum Gasteiger partial charge on any atom is -0.497 e. The number of ether oxygens (including phenoxy) is 2. The minimum atomic E-state index is -0.0911. The van der Waals surface area contributed by atoms with Crippen LogP contribution in [0.3, 0.4) is 0 Å². The van der Waals surface area contributed by atoms with Crippen LogP contribution in [0, 0.1) is 0 Å². The number of methoxy groups -OCH3 is 2. The molecule has 2 aromatic rings. The molecule has 122 valence electrons. The van der Waals surface area contributed by atoms with Crippen LogP contribution in [-0.2, 0) is 0 Å². The number of halogens is 2. The molecule has 2 rings (SSSR count). The summed E-state index contributed by atoms with van der Waals surface area (Å²) in [5, 5.41) is 1.24. The molecule has 0 saturated heterocycles. The quantitative estimate of drug-likeness (QED) is 0.658. The molecule has 0 bridgehead atoms. The molecule has 0 saturated carbocycles. The number of aliphatic imine (C=N–C) groups is 1. The van der Waals surface area contributed by atoms with Gasteiger partial charge >= 0.3 is 0 Å². The maximum absolute atomic E-state index is 6.31. The van der Waals surface area contributed by atoms with Gasteiger partial charge in [0.1, 0.15) is 11.5 Å². The van der Waals surface area contributed by atoms with Gasteiger partial charge in [0.05, 0.1) is 25.3 Å². The van der Waals surface area contributed by atoms with Gasteiger partial charge in [-0.05, 0) is 49.7 Å². The van der Waals surface area contributed by atoms with Crippen molar-refractivity contribution in [1.29, 1.82) is 0 Å². The highest BCUT2D eigenvalue weighted by Crippen LogP contribution is 2.30. The lowest BCUT2D eigenvalue weighted by Gasteiger charge is -2.13. The van der Waals surface area contributed by atoms with Gasteiger partial charge in [-0.15, -0.1) is 0 Å². The largest absolute Gasteiger partial charge is 0.497 e. The van der Waals surface area contributed by atoms with Crippen LogP contribution in [0.2, 0.25) is 10.0 Å². The third-order valence-electron chi connectivity index (χ3n) is 3.61. The van der Waals surface area contributed by atoms with Crippen molar-refractivity contribution in [1.82, 2.24) is 0 Å². The van der Waals surface area contributed by atoms with Crippen molar-refractivity contribution in [2.45, 2.75) is 19.9 Å². The number of hydrogen-bond donors (Lipinski definition) is 0. The summed E-state index contributed by atoms with van der Waals surface area (Å²) in [6.07, 6.45) is 0. The zero-order valence-electron chi connectivity index (χ0n) is 13.6. The lowest BCUT2D eigenvalue weighted by Crippen LogP contribution is -2.01. The van der Waals surface area contributed by atoms with Crippen LogP contribution < -0.4 is 9.47 Å². The van der Waals surface area contributed by atoms with Crippen LogP contribution in [0.15, 0.2) is 41.4 Å². The summed E-state index contributed by atoms with van der Waals surface area (Å²) in [6.45, 7) is 3.93. The molecule has 1 atom stereocenters. The number of rotatable bonds is 5. The van der Waals surface area contributed by atoms with Crippen molar-refractivity contribution in [2.24, 2.45) is 4.99 Å². The van der Waals surface area contributed by atoms with Crippen LogP contribution in [0.5, 0.6) is 11.5 Å². The van der Waals surface area contributed by atoms with E-state index in [-0.39, 0.29) is 6.04 Å². The van der Waals surface area contributed by atoms with Gasteiger partial charge in [-0.3, -0.25) is 4.99 Å². The number of hydrogen-bond acceptors (Lipinski definition) is 3. The monoisotopic (exact) mass is 351 g/mol. The van der Waals surface area contributed by atoms with E-state index < -0.39 is 0 Å². The van der Waals surface area contributed by atoms with Gasteiger partial charge in [-0.1, -0.05) is 29.3 Å². The molecule has 0 aliphatic carbocycles. The van der Waals surface area contributed by atoms with E-state index in [1.54, 1.807) is 26.4 Å². The van der Waals surface area contributed by atoms with E-state index in [4.69, 9.17) is 37.7 Å². The zero-order chi connectivity index (χ0) is 17.0. The Morgan fingerprint density at radius 3 is 2.04 bits per heavy atom. The summed E-state index contributed by atoms with van der Waals surface area (Å²) in [5.74, 6) is 1.45. The van der Waals surface area contributed by atoms with Gasteiger partial charge < -0.3 is 9.47 Å². The average molecular weight is 352 g/mol. The van der Waals surface area contributed by atoms with Crippen molar-refractivity contribution in [3.8, 4) is 11.5 Å². The third-order valence-corrected chi connectivity index (χ3v) is 4.25. The molecule has 3 nitrogen and oxygen atoms in total. The molecular weight excluding hydrogens is 333 g/mol. The summed E-state index contributed by atoms with van der Waals surface area (Å²) >= 11 is 12.6. The molecular formula is C18H19Cl2NO2. The Kier molecular flexibility index (Phi) is 5.91. The predicted octanol–water partition coefficient (Wildman–Crippen LogP) is 5.58. The third kappa shape index (κ3) is 4.18. The smallest absolute Gasteiger partial charge is 0.120 e. The molecule has 0 aromatic heterocycles. The Morgan fingerprint density at radius 1 is 0.957 bits per heavy atom. The highest BCUT2D eigenvalue weighted by molar-refractivity contribution is 6.34. The minimum absolute atomic E-state index is 0.0911. The Labute approximate surface area is 146 Å². The van der Waals surface area contributed by atoms with E-state index in [1.807, 2.05) is 38.1 Å². The van der Waals surface area contributed by atoms with Crippen LogP contribution in [0.1, 0.15) is 31.0 Å². The molecule has 2 aromatic carbocycles. The molecule has 0 aliphatic rings. The topological polar surface area (TPSA) is 30.8 Å². The average Bonchev–Trinajstić information content (AvgIpc) is 2.54. The summed E-state index contributed by atoms with van der Waals surface area (Å²) < 4.78 is 10.3. The molecule has 0 N–H and O–H groups in total. The lowest BCUT2D eigenvalue weighted by molar-refractivity contribution is 0.414. The maximum atomic E-state index is 6.31. The first-order valence-electron chi connectivity index (χ1n) is 7.18. The van der Waals surface area contributed by atoms with E-state index >= 15 is 0 Å². The second-order valence-electron chi connectivity index (χ2n) is 5.12. The van der Waals surface area contributed by atoms with E-state index in [0.717, 1.165) is 28.3 Å². The highest BCUT2D eigenvalue weighted by Gasteiger charge is 2.12. The van der Waals surface area contributed by atoms with Gasteiger partial charge in [0, 0.05) is 16.3 Å². The molecule has 1 unspecified atom stereocenters. The first-order chi connectivity index (χ1) is 11.0. The molecule has 0 amide bonds. The predicted molar refractivity (Wildman–Crippen MR) is 96.6 cm³/mol. The Bertz CT molecular complexity index is 729. The highest BCUT2D eigenvalue weighted by atomic mass is 35.5. The Morgan fingerprint density at radius 2 is 1.52 bits per heavy atom. The molecule has 0 spiro atoms. The van der Waals surface area contributed by atoms with Crippen LogP contribution in [0.4, 0.5) is 0 Å². The van der Waals surface area contributed by atoms with Crippen molar-refractivity contribution >= 4 is 28.9 Å². The van der Waals surface area contributed by atoms with Crippen molar-refractivity contribution in [3.05, 3.63) is 57.6 Å². The van der Waals surface area contributed by atoms with E-state index in [0.29, 0.717) is 10.0 Å². The van der Waals surface area contributed by atoms with Crippen molar-refractivity contribution in [3.63, 3.8) is 0 Å². The lowest BCUT2D eigenvalue weighted by atomic mass is 10.1. The first kappa shape index (κ1) is 17.6. The SMILES string of the molecule is COc1ccc(C(C)=NC(C)c2ccc(OC)cc2Cl)c(Cl)c1. The van der Waals surface area contributed by atoms with Crippen LogP contribution >= 0.6 is 23.2 Å². The summed E-state index contributed by atoms with van der Waals surface area (Å²) in [4.78, 5) is 4.72. The number of benzene rings is 2. The Hall–Kier alpha value is -1.71. The summed E-state index contributed by atoms with van der Waals surface area (Å²) in [7, 11) is 3.22. The number of nitrogens with zero attached hydrogens (tertiary/aromatic N) is 1. The molecule has 5 heteroatoms. The normalized spacial score (nSPS) is 12.9. The van der Waals surface area contributed by atoms with Crippen LogP contribution in [-0.4, -0.2) is 19.9 Å². The maximum Gasteiger partial charge on any atom is 0.120 e. The molecule has 0 radical (unpaired) electrons. The molecule has 0 aliphatic heterocycles. The summed E-state index contributed by atoms with van der Waals surface area (Å²) in [6, 6.07) is 11.1. The standard InChI is InChI=1S/C18H19Cl2NO2/c1-11(15-7-5-13(22-3)9-17(15)19)21-12(2)16-8-6-14(23-4)10-18(16)20/h5-11H,1-4H3. The van der Waals surface area contributed by atoms with Crippen molar-refractivity contribution < 1.29 is 9.47 Å².